The highest BCUT2D eigenvalue weighted by Gasteiger charge is 2.54. The molecular formula is C16H24O7Si. The number of hydrogen-bond donors (Lipinski definition) is 0. The first-order chi connectivity index (χ1) is 10.6. The Morgan fingerprint density at radius 2 is 1.33 bits per heavy atom. The normalized spacial score (nSPS) is 17.9. The molecule has 0 saturated carbocycles. The van der Waals surface area contributed by atoms with Crippen LogP contribution in [-0.2, 0) is 33.3 Å². The molecule has 0 amide bonds. The standard InChI is InChI=1S/C16H20O7.H4Si/c1-9(2)13(17)21-12-7-20-8-16(12,22-14(18)10(3)4)23-15(19)11(5)6;/h12H,1,3,5,7-8H2,2,4,6H3;1H4. The smallest absolute Gasteiger partial charge is 0.336 e. The summed E-state index contributed by atoms with van der Waals surface area (Å²) in [4.78, 5) is 35.5. The minimum absolute atomic E-state index is 0. The summed E-state index contributed by atoms with van der Waals surface area (Å²) in [6.45, 7) is 14.3. The van der Waals surface area contributed by atoms with E-state index < -0.39 is 29.8 Å². The van der Waals surface area contributed by atoms with Crippen molar-refractivity contribution in [1.82, 2.24) is 0 Å². The molecule has 0 aromatic carbocycles. The lowest BCUT2D eigenvalue weighted by Crippen LogP contribution is -2.51. The summed E-state index contributed by atoms with van der Waals surface area (Å²) < 4.78 is 20.8. The summed E-state index contributed by atoms with van der Waals surface area (Å²) in [6, 6.07) is 0. The van der Waals surface area contributed by atoms with Crippen LogP contribution < -0.4 is 0 Å². The fraction of sp³-hybridized carbons (Fsp3) is 0.438. The van der Waals surface area contributed by atoms with E-state index in [2.05, 4.69) is 19.7 Å². The maximum atomic E-state index is 11.9. The summed E-state index contributed by atoms with van der Waals surface area (Å²) in [5, 5.41) is 0. The molecule has 0 radical (unpaired) electrons. The summed E-state index contributed by atoms with van der Waals surface area (Å²) in [5.41, 5.74) is 0.323. The van der Waals surface area contributed by atoms with Crippen molar-refractivity contribution in [2.75, 3.05) is 13.2 Å². The van der Waals surface area contributed by atoms with Crippen molar-refractivity contribution in [2.45, 2.75) is 32.7 Å². The highest BCUT2D eigenvalue weighted by molar-refractivity contribution is 5.89. The van der Waals surface area contributed by atoms with Crippen molar-refractivity contribution in [1.29, 1.82) is 0 Å². The second kappa shape index (κ2) is 8.60. The third-order valence-corrected chi connectivity index (χ3v) is 2.89. The van der Waals surface area contributed by atoms with Crippen molar-refractivity contribution >= 4 is 28.9 Å². The number of hydrogen-bond acceptors (Lipinski definition) is 7. The molecule has 1 fully saturated rings. The van der Waals surface area contributed by atoms with Crippen LogP contribution in [0.4, 0.5) is 0 Å². The zero-order valence-corrected chi connectivity index (χ0v) is 13.5. The number of carbonyl (C=O) groups excluding carboxylic acids is 3. The quantitative estimate of drug-likeness (QED) is 0.286. The Kier molecular flexibility index (Phi) is 7.81. The molecular weight excluding hydrogens is 332 g/mol. The Morgan fingerprint density at radius 1 is 0.917 bits per heavy atom. The summed E-state index contributed by atoms with van der Waals surface area (Å²) in [6.07, 6.45) is -1.13. The van der Waals surface area contributed by atoms with Crippen LogP contribution in [0.25, 0.3) is 0 Å². The van der Waals surface area contributed by atoms with Gasteiger partial charge < -0.3 is 18.9 Å². The van der Waals surface area contributed by atoms with Gasteiger partial charge in [0.05, 0.1) is 6.61 Å². The zero-order chi connectivity index (χ0) is 17.8. The third kappa shape index (κ3) is 5.17. The molecule has 134 valence electrons. The molecule has 0 N–H and O–H groups in total. The highest BCUT2D eigenvalue weighted by Crippen LogP contribution is 2.30. The second-order valence-electron chi connectivity index (χ2n) is 5.34. The van der Waals surface area contributed by atoms with Crippen LogP contribution in [0, 0.1) is 0 Å². The predicted octanol–water partition coefficient (Wildman–Crippen LogP) is -0.0122. The van der Waals surface area contributed by atoms with E-state index in [4.69, 9.17) is 18.9 Å². The average molecular weight is 356 g/mol. The monoisotopic (exact) mass is 356 g/mol. The van der Waals surface area contributed by atoms with Gasteiger partial charge in [-0.25, -0.2) is 14.4 Å². The molecule has 0 aliphatic carbocycles. The molecule has 0 spiro atoms. The van der Waals surface area contributed by atoms with Crippen molar-refractivity contribution in [3.05, 3.63) is 36.5 Å². The van der Waals surface area contributed by atoms with E-state index in [1.807, 2.05) is 0 Å². The van der Waals surface area contributed by atoms with Gasteiger partial charge in [-0.3, -0.25) is 0 Å². The average Bonchev–Trinajstić information content (AvgIpc) is 2.80. The molecule has 1 unspecified atom stereocenters. The van der Waals surface area contributed by atoms with Gasteiger partial charge in [0.1, 0.15) is 6.61 Å². The largest absolute Gasteiger partial charge is 0.448 e. The van der Waals surface area contributed by atoms with Gasteiger partial charge in [0.2, 0.25) is 6.10 Å². The van der Waals surface area contributed by atoms with E-state index in [-0.39, 0.29) is 40.9 Å². The number of carbonyl (C=O) groups is 3. The maximum Gasteiger partial charge on any atom is 0.336 e. The molecule has 24 heavy (non-hydrogen) atoms. The molecule has 0 aromatic heterocycles. The first kappa shape index (κ1) is 21.8. The summed E-state index contributed by atoms with van der Waals surface area (Å²) in [7, 11) is 0. The van der Waals surface area contributed by atoms with E-state index in [1.54, 1.807) is 0 Å². The molecule has 1 rings (SSSR count). The lowest BCUT2D eigenvalue weighted by molar-refractivity contribution is -0.248. The molecule has 1 saturated heterocycles. The fourth-order valence-electron chi connectivity index (χ4n) is 1.58. The van der Waals surface area contributed by atoms with Crippen molar-refractivity contribution in [3.8, 4) is 0 Å². The van der Waals surface area contributed by atoms with Crippen LogP contribution in [-0.4, -0.2) is 54.0 Å². The topological polar surface area (TPSA) is 88.1 Å². The molecule has 7 nitrogen and oxygen atoms in total. The minimum atomic E-state index is -1.89. The van der Waals surface area contributed by atoms with E-state index in [0.717, 1.165) is 0 Å². The highest BCUT2D eigenvalue weighted by atomic mass is 28.1. The van der Waals surface area contributed by atoms with Crippen LogP contribution in [0.1, 0.15) is 20.8 Å². The first-order valence-corrected chi connectivity index (χ1v) is 6.81. The van der Waals surface area contributed by atoms with Crippen LogP contribution in [0.3, 0.4) is 0 Å². The van der Waals surface area contributed by atoms with Gasteiger partial charge in [0.25, 0.3) is 0 Å². The maximum absolute atomic E-state index is 11.9. The Bertz CT molecular complexity index is 551. The van der Waals surface area contributed by atoms with Gasteiger partial charge in [-0.1, -0.05) is 19.7 Å². The number of rotatable bonds is 6. The lowest BCUT2D eigenvalue weighted by atomic mass is 10.1. The van der Waals surface area contributed by atoms with Gasteiger partial charge in [-0.05, 0) is 31.7 Å². The number of esters is 3. The summed E-state index contributed by atoms with van der Waals surface area (Å²) >= 11 is 0. The summed E-state index contributed by atoms with van der Waals surface area (Å²) in [5.74, 6) is -4.22. The molecule has 0 bridgehead atoms. The first-order valence-electron chi connectivity index (χ1n) is 6.81. The van der Waals surface area contributed by atoms with E-state index in [9.17, 15) is 14.4 Å². The predicted molar refractivity (Wildman–Crippen MR) is 91.4 cm³/mol. The number of ether oxygens (including phenoxy) is 4. The molecule has 1 atom stereocenters. The van der Waals surface area contributed by atoms with E-state index in [1.165, 1.54) is 20.8 Å². The molecule has 1 heterocycles. The Labute approximate surface area is 145 Å². The second-order valence-corrected chi connectivity index (χ2v) is 5.34. The Hall–Kier alpha value is -2.19. The zero-order valence-electron chi connectivity index (χ0n) is 13.5. The van der Waals surface area contributed by atoms with Crippen LogP contribution >= 0.6 is 0 Å². The minimum Gasteiger partial charge on any atom is -0.448 e. The van der Waals surface area contributed by atoms with Gasteiger partial charge in [0.15, 0.2) is 0 Å². The SMILES string of the molecule is C=C(C)C(=O)OC1COCC1(OC(=O)C(=C)C)OC(=O)C(=C)C.[SiH4]. The van der Waals surface area contributed by atoms with Crippen LogP contribution in [0.2, 0.25) is 0 Å². The van der Waals surface area contributed by atoms with Crippen LogP contribution in [0.5, 0.6) is 0 Å². The molecule has 0 aromatic rings. The fourth-order valence-corrected chi connectivity index (χ4v) is 1.58. The van der Waals surface area contributed by atoms with Crippen molar-refractivity contribution in [3.63, 3.8) is 0 Å². The van der Waals surface area contributed by atoms with E-state index in [0.29, 0.717) is 0 Å². The van der Waals surface area contributed by atoms with Crippen molar-refractivity contribution < 1.29 is 33.3 Å². The molecule has 1 aliphatic rings. The van der Waals surface area contributed by atoms with Crippen molar-refractivity contribution in [2.24, 2.45) is 0 Å². The third-order valence-electron chi connectivity index (χ3n) is 2.89. The molecule has 1 aliphatic heterocycles. The molecule has 8 heteroatoms. The van der Waals surface area contributed by atoms with Crippen LogP contribution in [0.15, 0.2) is 36.5 Å². The Balaban J connectivity index is 0.00000529. The van der Waals surface area contributed by atoms with Gasteiger partial charge in [0, 0.05) is 16.7 Å². The lowest BCUT2D eigenvalue weighted by Gasteiger charge is -2.32. The van der Waals surface area contributed by atoms with Gasteiger partial charge in [-0.2, -0.15) is 0 Å². The van der Waals surface area contributed by atoms with Gasteiger partial charge in [-0.15, -0.1) is 0 Å². The Morgan fingerprint density at radius 3 is 1.71 bits per heavy atom. The van der Waals surface area contributed by atoms with Gasteiger partial charge >= 0.3 is 23.7 Å². The van der Waals surface area contributed by atoms with E-state index >= 15 is 0 Å².